The fraction of sp³-hybridized carbons (Fsp3) is 0.211. The van der Waals surface area contributed by atoms with Gasteiger partial charge in [0.2, 0.25) is 10.0 Å². The van der Waals surface area contributed by atoms with Crippen molar-refractivity contribution in [2.45, 2.75) is 17.9 Å². The molecule has 136 valence electrons. The smallest absolute Gasteiger partial charge is 0.240 e. The Labute approximate surface area is 152 Å². The normalized spacial score (nSPS) is 13.0. The molecule has 0 spiro atoms. The topological polar surface area (TPSA) is 88.4 Å². The molecule has 0 aliphatic carbocycles. The minimum absolute atomic E-state index is 0.0493. The molecule has 0 radical (unpaired) electrons. The number of hydrogen-bond donors (Lipinski definition) is 2. The van der Waals surface area contributed by atoms with E-state index in [0.717, 1.165) is 10.9 Å². The molecular weight excluding hydrogens is 352 g/mol. The van der Waals surface area contributed by atoms with Crippen molar-refractivity contribution < 1.29 is 18.3 Å². The minimum atomic E-state index is -3.77. The van der Waals surface area contributed by atoms with Crippen LogP contribution in [0.3, 0.4) is 0 Å². The number of aliphatic hydroxyl groups is 1. The summed E-state index contributed by atoms with van der Waals surface area (Å²) in [7, 11) is -1.84. The summed E-state index contributed by atoms with van der Waals surface area (Å²) >= 11 is 0. The third-order valence-electron chi connectivity index (χ3n) is 4.33. The van der Waals surface area contributed by atoms with Crippen LogP contribution in [0, 0.1) is 0 Å². The average Bonchev–Trinajstić information content (AvgIpc) is 3.00. The lowest BCUT2D eigenvalue weighted by Gasteiger charge is -2.13. The first-order valence-electron chi connectivity index (χ1n) is 8.11. The third kappa shape index (κ3) is 3.70. The summed E-state index contributed by atoms with van der Waals surface area (Å²) in [5, 5.41) is 11.3. The number of rotatable bonds is 6. The van der Waals surface area contributed by atoms with E-state index in [1.54, 1.807) is 6.07 Å². The second kappa shape index (κ2) is 7.03. The number of Topliss-reactive ketones (excluding diaryl/α,β-unsaturated/α-hetero) is 1. The van der Waals surface area contributed by atoms with E-state index in [-0.39, 0.29) is 17.2 Å². The number of hydrogen-bond acceptors (Lipinski definition) is 4. The highest BCUT2D eigenvalue weighted by atomic mass is 32.2. The van der Waals surface area contributed by atoms with E-state index in [9.17, 15) is 18.3 Å². The third-order valence-corrected chi connectivity index (χ3v) is 5.77. The van der Waals surface area contributed by atoms with Crippen LogP contribution in [-0.2, 0) is 17.1 Å². The largest absolute Gasteiger partial charge is 0.387 e. The van der Waals surface area contributed by atoms with Crippen LogP contribution in [0.15, 0.2) is 59.6 Å². The number of aryl methyl sites for hydroxylation is 1. The number of fused-ring (bicyclic) bond motifs is 1. The number of nitrogens with zero attached hydrogens (tertiary/aromatic N) is 1. The number of carbonyl (C=O) groups is 1. The zero-order valence-electron chi connectivity index (χ0n) is 14.5. The molecule has 0 fully saturated rings. The summed E-state index contributed by atoms with van der Waals surface area (Å²) in [5.41, 5.74) is 2.12. The van der Waals surface area contributed by atoms with E-state index in [4.69, 9.17) is 0 Å². The highest BCUT2D eigenvalue weighted by Gasteiger charge is 2.17. The predicted molar refractivity (Wildman–Crippen MR) is 99.5 cm³/mol. The van der Waals surface area contributed by atoms with E-state index >= 15 is 0 Å². The van der Waals surface area contributed by atoms with Crippen LogP contribution in [-0.4, -0.2) is 30.4 Å². The van der Waals surface area contributed by atoms with Crippen LogP contribution < -0.4 is 4.72 Å². The van der Waals surface area contributed by atoms with Gasteiger partial charge in [0.25, 0.3) is 0 Å². The van der Waals surface area contributed by atoms with Crippen molar-refractivity contribution in [3.8, 4) is 0 Å². The molecule has 0 aliphatic rings. The van der Waals surface area contributed by atoms with E-state index in [1.807, 2.05) is 36.0 Å². The minimum Gasteiger partial charge on any atom is -0.387 e. The Hall–Kier alpha value is -2.48. The van der Waals surface area contributed by atoms with Gasteiger partial charge in [-0.15, -0.1) is 0 Å². The SMILES string of the molecule is CC(=O)c1ccc(S(=O)(=O)NCC(O)c2ccc3c(ccn3C)c2)cc1. The van der Waals surface area contributed by atoms with Gasteiger partial charge in [-0.1, -0.05) is 18.2 Å². The fourth-order valence-corrected chi connectivity index (χ4v) is 3.80. The predicted octanol–water partition coefficient (Wildman–Crippen LogP) is 2.39. The number of benzene rings is 2. The lowest BCUT2D eigenvalue weighted by Crippen LogP contribution is -2.28. The van der Waals surface area contributed by atoms with Gasteiger partial charge in [-0.3, -0.25) is 4.79 Å². The lowest BCUT2D eigenvalue weighted by atomic mass is 10.1. The fourth-order valence-electron chi connectivity index (χ4n) is 2.77. The van der Waals surface area contributed by atoms with Crippen molar-refractivity contribution in [2.24, 2.45) is 7.05 Å². The highest BCUT2D eigenvalue weighted by molar-refractivity contribution is 7.89. The van der Waals surface area contributed by atoms with Gasteiger partial charge in [-0.05, 0) is 48.2 Å². The molecule has 0 amide bonds. The molecule has 1 atom stereocenters. The molecule has 0 saturated heterocycles. The van der Waals surface area contributed by atoms with Gasteiger partial charge < -0.3 is 9.67 Å². The van der Waals surface area contributed by atoms with Gasteiger partial charge in [0.1, 0.15) is 0 Å². The number of nitrogens with one attached hydrogen (secondary N) is 1. The summed E-state index contributed by atoms with van der Waals surface area (Å²) in [4.78, 5) is 11.3. The molecule has 6 nitrogen and oxygen atoms in total. The van der Waals surface area contributed by atoms with E-state index in [0.29, 0.717) is 11.1 Å². The first-order valence-corrected chi connectivity index (χ1v) is 9.60. The van der Waals surface area contributed by atoms with Crippen molar-refractivity contribution in [1.29, 1.82) is 0 Å². The Balaban J connectivity index is 1.72. The van der Waals surface area contributed by atoms with Gasteiger partial charge in [0, 0.05) is 30.9 Å². The van der Waals surface area contributed by atoms with Crippen LogP contribution in [0.2, 0.25) is 0 Å². The molecule has 7 heteroatoms. The summed E-state index contributed by atoms with van der Waals surface area (Å²) in [5.74, 6) is -0.131. The first-order chi connectivity index (χ1) is 12.3. The molecule has 3 aromatic rings. The molecule has 0 aliphatic heterocycles. The van der Waals surface area contributed by atoms with Crippen LogP contribution in [0.25, 0.3) is 10.9 Å². The maximum absolute atomic E-state index is 12.4. The van der Waals surface area contributed by atoms with Gasteiger partial charge >= 0.3 is 0 Å². The maximum Gasteiger partial charge on any atom is 0.240 e. The van der Waals surface area contributed by atoms with Gasteiger partial charge in [0.05, 0.1) is 11.0 Å². The highest BCUT2D eigenvalue weighted by Crippen LogP contribution is 2.21. The van der Waals surface area contributed by atoms with Crippen LogP contribution in [0.5, 0.6) is 0 Å². The summed E-state index contributed by atoms with van der Waals surface area (Å²) in [6, 6.07) is 13.1. The molecule has 2 aromatic carbocycles. The summed E-state index contributed by atoms with van der Waals surface area (Å²) in [6.45, 7) is 1.27. The first kappa shape index (κ1) is 18.3. The Morgan fingerprint density at radius 3 is 2.50 bits per heavy atom. The maximum atomic E-state index is 12.4. The second-order valence-corrected chi connectivity index (χ2v) is 7.96. The van der Waals surface area contributed by atoms with Gasteiger partial charge in [-0.25, -0.2) is 13.1 Å². The van der Waals surface area contributed by atoms with Crippen LogP contribution in [0.4, 0.5) is 0 Å². The van der Waals surface area contributed by atoms with E-state index in [2.05, 4.69) is 4.72 Å². The molecule has 0 bridgehead atoms. The van der Waals surface area contributed by atoms with E-state index < -0.39 is 16.1 Å². The Morgan fingerprint density at radius 1 is 1.15 bits per heavy atom. The molecule has 0 saturated carbocycles. The Morgan fingerprint density at radius 2 is 1.85 bits per heavy atom. The molecule has 3 rings (SSSR count). The number of carbonyl (C=O) groups excluding carboxylic acids is 1. The van der Waals surface area contributed by atoms with Crippen molar-refractivity contribution in [3.05, 3.63) is 65.9 Å². The summed E-state index contributed by atoms with van der Waals surface area (Å²) in [6.07, 6.45) is 0.958. The molecule has 1 unspecified atom stereocenters. The number of sulfonamides is 1. The summed E-state index contributed by atoms with van der Waals surface area (Å²) < 4.78 is 29.1. The van der Waals surface area contributed by atoms with Crippen LogP contribution in [0.1, 0.15) is 28.9 Å². The monoisotopic (exact) mass is 372 g/mol. The van der Waals surface area contributed by atoms with E-state index in [1.165, 1.54) is 31.2 Å². The quantitative estimate of drug-likeness (QED) is 0.650. The van der Waals surface area contributed by atoms with Crippen molar-refractivity contribution in [3.63, 3.8) is 0 Å². The standard InChI is InChI=1S/C19H20N2O4S/c1-13(22)14-3-6-17(7-4-14)26(24,25)20-12-19(23)16-5-8-18-15(11-16)9-10-21(18)2/h3-11,19-20,23H,12H2,1-2H3. The Bertz CT molecular complexity index is 1050. The molecule has 2 N–H and O–H groups in total. The second-order valence-electron chi connectivity index (χ2n) is 6.19. The number of aliphatic hydroxyl groups excluding tert-OH is 1. The zero-order valence-corrected chi connectivity index (χ0v) is 15.3. The Kier molecular flexibility index (Phi) is 4.95. The average molecular weight is 372 g/mol. The lowest BCUT2D eigenvalue weighted by molar-refractivity contribution is 0.101. The molecule has 1 aromatic heterocycles. The van der Waals surface area contributed by atoms with Crippen LogP contribution >= 0.6 is 0 Å². The van der Waals surface area contributed by atoms with Crippen molar-refractivity contribution in [2.75, 3.05) is 6.54 Å². The number of aromatic nitrogens is 1. The van der Waals surface area contributed by atoms with Gasteiger partial charge in [-0.2, -0.15) is 0 Å². The molecule has 26 heavy (non-hydrogen) atoms. The van der Waals surface area contributed by atoms with Crippen molar-refractivity contribution in [1.82, 2.24) is 9.29 Å². The zero-order chi connectivity index (χ0) is 18.9. The molecule has 1 heterocycles. The number of ketones is 1. The van der Waals surface area contributed by atoms with Crippen molar-refractivity contribution >= 4 is 26.7 Å². The molecular formula is C19H20N2O4S. The van der Waals surface area contributed by atoms with Gasteiger partial charge in [0.15, 0.2) is 5.78 Å².